The van der Waals surface area contributed by atoms with Crippen molar-refractivity contribution in [1.29, 1.82) is 0 Å². The topological polar surface area (TPSA) is 66.5 Å². The van der Waals surface area contributed by atoms with Crippen LogP contribution in [0.5, 0.6) is 5.75 Å². The molecule has 4 heteroatoms. The number of aliphatic hydroxyl groups excluding tert-OH is 1. The van der Waals surface area contributed by atoms with Gasteiger partial charge in [0.1, 0.15) is 5.75 Å². The summed E-state index contributed by atoms with van der Waals surface area (Å²) in [4.78, 5) is 0. The number of halogens is 1. The molecule has 0 heterocycles. The maximum Gasteiger partial charge on any atom is 0.115 e. The van der Waals surface area contributed by atoms with E-state index in [0.29, 0.717) is 5.92 Å². The first-order valence-corrected chi connectivity index (χ1v) is 5.41. The lowest BCUT2D eigenvalue weighted by Gasteiger charge is -2.33. The van der Waals surface area contributed by atoms with Crippen LogP contribution in [0, 0.1) is 5.92 Å². The van der Waals surface area contributed by atoms with Gasteiger partial charge in [0.25, 0.3) is 0 Å². The second-order valence-corrected chi connectivity index (χ2v) is 4.30. The molecule has 16 heavy (non-hydrogen) atoms. The summed E-state index contributed by atoms with van der Waals surface area (Å²) in [7, 11) is 0. The molecule has 0 aromatic heterocycles. The van der Waals surface area contributed by atoms with Crippen LogP contribution in [-0.2, 0) is 0 Å². The number of nitrogens with two attached hydrogens (primary N) is 1. The third kappa shape index (κ3) is 2.67. The smallest absolute Gasteiger partial charge is 0.115 e. The van der Waals surface area contributed by atoms with Gasteiger partial charge in [-0.15, -0.1) is 12.4 Å². The molecule has 0 spiro atoms. The molecule has 1 aromatic carbocycles. The number of aliphatic hydroxyl groups is 1. The molecule has 1 aliphatic rings. The van der Waals surface area contributed by atoms with Gasteiger partial charge in [-0.05, 0) is 36.5 Å². The largest absolute Gasteiger partial charge is 0.508 e. The molecule has 1 aliphatic carbocycles. The molecule has 1 aromatic rings. The van der Waals surface area contributed by atoms with Crippen molar-refractivity contribution in [1.82, 2.24) is 0 Å². The highest BCUT2D eigenvalue weighted by molar-refractivity contribution is 5.85. The first-order chi connectivity index (χ1) is 7.18. The molecule has 4 N–H and O–H groups in total. The Morgan fingerprint density at radius 1 is 1.19 bits per heavy atom. The average Bonchev–Trinajstić information content (AvgIpc) is 2.15. The van der Waals surface area contributed by atoms with Gasteiger partial charge in [0, 0.05) is 0 Å². The normalized spacial score (nSPS) is 19.4. The summed E-state index contributed by atoms with van der Waals surface area (Å²) < 4.78 is 0. The predicted octanol–water partition coefficient (Wildman–Crippen LogP) is 1.97. The Balaban J connectivity index is 0.00000128. The third-order valence-corrected chi connectivity index (χ3v) is 3.28. The van der Waals surface area contributed by atoms with Gasteiger partial charge in [-0.1, -0.05) is 18.6 Å². The standard InChI is InChI=1S/C12H17NO2.ClH/c13-11(12(15)9-2-1-3-9)8-4-6-10(14)7-5-8;/h4-7,9,11-12,14-15H,1-3,13H2;1H/t11-,12+;/m0./s1. The van der Waals surface area contributed by atoms with E-state index >= 15 is 0 Å². The van der Waals surface area contributed by atoms with Crippen LogP contribution in [0.3, 0.4) is 0 Å². The highest BCUT2D eigenvalue weighted by atomic mass is 35.5. The van der Waals surface area contributed by atoms with E-state index in [1.165, 1.54) is 6.42 Å². The van der Waals surface area contributed by atoms with Crippen molar-refractivity contribution in [2.24, 2.45) is 11.7 Å². The van der Waals surface area contributed by atoms with E-state index in [-0.39, 0.29) is 24.2 Å². The van der Waals surface area contributed by atoms with Crippen LogP contribution in [0.4, 0.5) is 0 Å². The highest BCUT2D eigenvalue weighted by Gasteiger charge is 2.30. The van der Waals surface area contributed by atoms with Gasteiger partial charge in [0.05, 0.1) is 12.1 Å². The molecule has 0 radical (unpaired) electrons. The molecule has 0 aliphatic heterocycles. The summed E-state index contributed by atoms with van der Waals surface area (Å²) in [5.74, 6) is 0.581. The number of rotatable bonds is 3. The van der Waals surface area contributed by atoms with E-state index in [1.54, 1.807) is 24.3 Å². The Bertz CT molecular complexity index is 324. The molecular formula is C12H18ClNO2. The number of phenols is 1. The molecule has 3 nitrogen and oxygen atoms in total. The molecule has 0 bridgehead atoms. The second kappa shape index (κ2) is 5.53. The molecule has 2 rings (SSSR count). The Labute approximate surface area is 102 Å². The van der Waals surface area contributed by atoms with E-state index in [1.807, 2.05) is 0 Å². The van der Waals surface area contributed by atoms with Crippen LogP contribution in [0.2, 0.25) is 0 Å². The van der Waals surface area contributed by atoms with E-state index in [9.17, 15) is 5.11 Å². The molecule has 1 saturated carbocycles. The number of aromatic hydroxyl groups is 1. The van der Waals surface area contributed by atoms with Gasteiger partial charge in [0.15, 0.2) is 0 Å². The summed E-state index contributed by atoms with van der Waals surface area (Å²) in [5.41, 5.74) is 6.85. The van der Waals surface area contributed by atoms with Crippen LogP contribution in [0.15, 0.2) is 24.3 Å². The van der Waals surface area contributed by atoms with Crippen molar-refractivity contribution >= 4 is 12.4 Å². The zero-order valence-electron chi connectivity index (χ0n) is 9.04. The third-order valence-electron chi connectivity index (χ3n) is 3.28. The lowest BCUT2D eigenvalue weighted by atomic mass is 9.77. The average molecular weight is 244 g/mol. The van der Waals surface area contributed by atoms with E-state index in [4.69, 9.17) is 10.8 Å². The van der Waals surface area contributed by atoms with Gasteiger partial charge >= 0.3 is 0 Å². The zero-order chi connectivity index (χ0) is 10.8. The summed E-state index contributed by atoms with van der Waals surface area (Å²) >= 11 is 0. The molecule has 1 fully saturated rings. The Kier molecular flexibility index (Phi) is 4.59. The number of benzene rings is 1. The minimum absolute atomic E-state index is 0. The molecule has 0 amide bonds. The van der Waals surface area contributed by atoms with Crippen molar-refractivity contribution < 1.29 is 10.2 Å². The van der Waals surface area contributed by atoms with E-state index < -0.39 is 6.10 Å². The fourth-order valence-corrected chi connectivity index (χ4v) is 1.97. The molecular weight excluding hydrogens is 226 g/mol. The Morgan fingerprint density at radius 3 is 2.19 bits per heavy atom. The quantitative estimate of drug-likeness (QED) is 0.761. The van der Waals surface area contributed by atoms with Gasteiger partial charge in [-0.3, -0.25) is 0 Å². The van der Waals surface area contributed by atoms with Crippen molar-refractivity contribution in [3.05, 3.63) is 29.8 Å². The molecule has 2 atom stereocenters. The fraction of sp³-hybridized carbons (Fsp3) is 0.500. The molecule has 0 unspecified atom stereocenters. The van der Waals surface area contributed by atoms with Gasteiger partial charge in [0.2, 0.25) is 0 Å². The van der Waals surface area contributed by atoms with E-state index in [0.717, 1.165) is 18.4 Å². The minimum Gasteiger partial charge on any atom is -0.508 e. The number of phenolic OH excluding ortho intramolecular Hbond substituents is 1. The predicted molar refractivity (Wildman–Crippen MR) is 65.6 cm³/mol. The monoisotopic (exact) mass is 243 g/mol. The maximum absolute atomic E-state index is 9.97. The molecule has 0 saturated heterocycles. The summed E-state index contributed by atoms with van der Waals surface area (Å²) in [6.07, 6.45) is 2.90. The lowest BCUT2D eigenvalue weighted by Crippen LogP contribution is -2.36. The summed E-state index contributed by atoms with van der Waals surface area (Å²) in [5, 5.41) is 19.1. The SMILES string of the molecule is Cl.N[C@@H](c1ccc(O)cc1)[C@H](O)C1CCC1. The summed E-state index contributed by atoms with van der Waals surface area (Å²) in [6, 6.07) is 6.39. The number of hydrogen-bond donors (Lipinski definition) is 3. The second-order valence-electron chi connectivity index (χ2n) is 4.30. The Hall–Kier alpha value is -0.770. The van der Waals surface area contributed by atoms with Crippen molar-refractivity contribution in [3.63, 3.8) is 0 Å². The van der Waals surface area contributed by atoms with Gasteiger partial charge in [-0.25, -0.2) is 0 Å². The maximum atomic E-state index is 9.97. The van der Waals surface area contributed by atoms with Crippen LogP contribution >= 0.6 is 12.4 Å². The lowest BCUT2D eigenvalue weighted by molar-refractivity contribution is 0.0413. The first kappa shape index (κ1) is 13.3. The van der Waals surface area contributed by atoms with Crippen molar-refractivity contribution in [3.8, 4) is 5.75 Å². The fourth-order valence-electron chi connectivity index (χ4n) is 1.97. The van der Waals surface area contributed by atoms with Crippen LogP contribution in [0.1, 0.15) is 30.9 Å². The zero-order valence-corrected chi connectivity index (χ0v) is 9.86. The van der Waals surface area contributed by atoms with Crippen molar-refractivity contribution in [2.45, 2.75) is 31.4 Å². The van der Waals surface area contributed by atoms with Crippen LogP contribution in [-0.4, -0.2) is 16.3 Å². The highest BCUT2D eigenvalue weighted by Crippen LogP contribution is 2.34. The molecule has 90 valence electrons. The van der Waals surface area contributed by atoms with E-state index in [2.05, 4.69) is 0 Å². The van der Waals surface area contributed by atoms with Gasteiger partial charge in [-0.2, -0.15) is 0 Å². The van der Waals surface area contributed by atoms with Crippen molar-refractivity contribution in [2.75, 3.05) is 0 Å². The van der Waals surface area contributed by atoms with Crippen LogP contribution < -0.4 is 5.73 Å². The van der Waals surface area contributed by atoms with Gasteiger partial charge < -0.3 is 15.9 Å². The number of hydrogen-bond acceptors (Lipinski definition) is 3. The Morgan fingerprint density at radius 2 is 1.75 bits per heavy atom. The van der Waals surface area contributed by atoms with Crippen LogP contribution in [0.25, 0.3) is 0 Å². The first-order valence-electron chi connectivity index (χ1n) is 5.41. The summed E-state index contributed by atoms with van der Waals surface area (Å²) in [6.45, 7) is 0. The minimum atomic E-state index is -0.455.